The molecule has 0 amide bonds. The Morgan fingerprint density at radius 3 is 1.79 bits per heavy atom. The second-order valence-electron chi connectivity index (χ2n) is 3.11. The lowest BCUT2D eigenvalue weighted by Crippen LogP contribution is -2.55. The van der Waals surface area contributed by atoms with Gasteiger partial charge < -0.3 is 0 Å². The molecule has 0 heterocycles. The van der Waals surface area contributed by atoms with Crippen molar-refractivity contribution < 1.29 is 14.0 Å². The Labute approximate surface area is 109 Å². The first-order valence-corrected chi connectivity index (χ1v) is 4.07. The van der Waals surface area contributed by atoms with Crippen LogP contribution in [0.5, 0.6) is 0 Å². The van der Waals surface area contributed by atoms with E-state index < -0.39 is 28.2 Å². The van der Waals surface area contributed by atoms with Gasteiger partial charge in [0.05, 0.1) is 12.1 Å². The number of carbonyl (C=O) groups is 2. The number of allylic oxidation sites excluding steroid dienone is 2. The van der Waals surface area contributed by atoms with E-state index >= 15 is 0 Å². The Kier molecular flexibility index (Phi) is 5.34. The molecule has 0 saturated carbocycles. The smallest absolute Gasteiger partial charge is 0.290 e. The Hall–Kier alpha value is -3.03. The molecule has 0 bridgehead atoms. The lowest BCUT2D eigenvalue weighted by Gasteiger charge is -2.29. The summed E-state index contributed by atoms with van der Waals surface area (Å²) < 4.78 is 14.0. The molecule has 0 aromatic rings. The maximum Gasteiger partial charge on any atom is 0.296 e. The summed E-state index contributed by atoms with van der Waals surface area (Å²) in [5.74, 6) is -3.03. The molecule has 96 valence electrons. The SMILES string of the molecule is C.C.N#CC1=CC(=O)C(F)(C#N)C(C#N)(C#N)C1=O. The molecule has 6 nitrogen and oxygen atoms in total. The highest BCUT2D eigenvalue weighted by molar-refractivity contribution is 6.21. The zero-order valence-electron chi connectivity index (χ0n) is 8.06. The fraction of sp³-hybridized carbons (Fsp3) is 0.333. The standard InChI is InChI=1S/C10HFN4O2.2CH4/c11-10(5-15)7(16)1-6(2-12)8(17)9(10,3-13)4-14;;/h1H;2*1H4. The molecule has 19 heavy (non-hydrogen) atoms. The molecule has 1 unspecified atom stereocenters. The van der Waals surface area contributed by atoms with Crippen molar-refractivity contribution in [3.63, 3.8) is 0 Å². The van der Waals surface area contributed by atoms with Gasteiger partial charge in [0.2, 0.25) is 11.6 Å². The van der Waals surface area contributed by atoms with Gasteiger partial charge in [-0.25, -0.2) is 4.39 Å². The van der Waals surface area contributed by atoms with Crippen LogP contribution in [0.15, 0.2) is 11.6 Å². The van der Waals surface area contributed by atoms with Gasteiger partial charge in [-0.3, -0.25) is 9.59 Å². The number of hydrogen-bond acceptors (Lipinski definition) is 6. The minimum absolute atomic E-state index is 0. The zero-order valence-corrected chi connectivity index (χ0v) is 8.06. The molecule has 1 aliphatic carbocycles. The van der Waals surface area contributed by atoms with E-state index in [1.807, 2.05) is 0 Å². The van der Waals surface area contributed by atoms with E-state index in [-0.39, 0.29) is 14.9 Å². The highest BCUT2D eigenvalue weighted by atomic mass is 19.1. The topological polar surface area (TPSA) is 129 Å². The number of halogens is 1. The number of nitrogens with zero attached hydrogens (tertiary/aromatic N) is 4. The first-order valence-electron chi connectivity index (χ1n) is 4.07. The van der Waals surface area contributed by atoms with Crippen molar-refractivity contribution in [1.82, 2.24) is 0 Å². The van der Waals surface area contributed by atoms with Gasteiger partial charge in [0, 0.05) is 6.08 Å². The van der Waals surface area contributed by atoms with Crippen molar-refractivity contribution in [1.29, 1.82) is 21.0 Å². The van der Waals surface area contributed by atoms with Crippen molar-refractivity contribution in [2.45, 2.75) is 20.5 Å². The molecule has 0 spiro atoms. The predicted molar refractivity (Wildman–Crippen MR) is 60.3 cm³/mol. The molecule has 0 saturated heterocycles. The van der Waals surface area contributed by atoms with Crippen LogP contribution in [0.1, 0.15) is 14.9 Å². The van der Waals surface area contributed by atoms with Crippen LogP contribution in [0.25, 0.3) is 0 Å². The third-order valence-corrected chi connectivity index (χ3v) is 2.33. The number of Topliss-reactive ketones (excluding diaryl/α,β-unsaturated/α-hetero) is 1. The number of hydrogen-bond donors (Lipinski definition) is 0. The number of carbonyl (C=O) groups excluding carboxylic acids is 2. The lowest BCUT2D eigenvalue weighted by atomic mass is 9.65. The van der Waals surface area contributed by atoms with E-state index in [1.165, 1.54) is 6.07 Å². The normalized spacial score (nSPS) is 23.1. The number of nitriles is 4. The van der Waals surface area contributed by atoms with Crippen LogP contribution in [0.3, 0.4) is 0 Å². The predicted octanol–water partition coefficient (Wildman–Crippen LogP) is 1.13. The van der Waals surface area contributed by atoms with Crippen LogP contribution in [-0.4, -0.2) is 17.2 Å². The van der Waals surface area contributed by atoms with Crippen molar-refractivity contribution in [3.05, 3.63) is 11.6 Å². The Morgan fingerprint density at radius 2 is 1.47 bits per heavy atom. The monoisotopic (exact) mass is 260 g/mol. The second kappa shape index (κ2) is 5.54. The van der Waals surface area contributed by atoms with Gasteiger partial charge in [-0.1, -0.05) is 14.9 Å². The maximum atomic E-state index is 14.0. The summed E-state index contributed by atoms with van der Waals surface area (Å²) in [5, 5.41) is 34.6. The minimum Gasteiger partial charge on any atom is -0.290 e. The molecule has 0 aromatic heterocycles. The minimum atomic E-state index is -3.59. The van der Waals surface area contributed by atoms with Crippen molar-refractivity contribution in [2.24, 2.45) is 5.41 Å². The fourth-order valence-electron chi connectivity index (χ4n) is 1.34. The molecule has 1 atom stereocenters. The van der Waals surface area contributed by atoms with E-state index in [0.29, 0.717) is 6.08 Å². The summed E-state index contributed by atoms with van der Waals surface area (Å²) in [6, 6.07) is 4.21. The van der Waals surface area contributed by atoms with Crippen LogP contribution in [-0.2, 0) is 9.59 Å². The van der Waals surface area contributed by atoms with E-state index in [1.54, 1.807) is 0 Å². The molecule has 1 rings (SSSR count). The van der Waals surface area contributed by atoms with Crippen LogP contribution >= 0.6 is 0 Å². The molecule has 7 heteroatoms. The van der Waals surface area contributed by atoms with Gasteiger partial charge >= 0.3 is 0 Å². The summed E-state index contributed by atoms with van der Waals surface area (Å²) in [5.41, 5.74) is -7.53. The van der Waals surface area contributed by atoms with Gasteiger partial charge in [-0.2, -0.15) is 21.0 Å². The highest BCUT2D eigenvalue weighted by Crippen LogP contribution is 2.41. The average molecular weight is 260 g/mol. The van der Waals surface area contributed by atoms with Crippen LogP contribution in [0, 0.1) is 50.7 Å². The van der Waals surface area contributed by atoms with E-state index in [0.717, 1.165) is 18.2 Å². The van der Waals surface area contributed by atoms with E-state index in [2.05, 4.69) is 0 Å². The zero-order chi connectivity index (χ0) is 13.3. The Morgan fingerprint density at radius 1 is 1.00 bits per heavy atom. The Bertz CT molecular complexity index is 610. The van der Waals surface area contributed by atoms with E-state index in [4.69, 9.17) is 21.0 Å². The molecular formula is C12H9FN4O2. The van der Waals surface area contributed by atoms with Gasteiger partial charge in [0.25, 0.3) is 11.1 Å². The summed E-state index contributed by atoms with van der Waals surface area (Å²) in [6.07, 6.45) is 0.332. The first kappa shape index (κ1) is 18.3. The molecule has 0 N–H and O–H groups in total. The summed E-state index contributed by atoms with van der Waals surface area (Å²) in [6.45, 7) is 0. The largest absolute Gasteiger partial charge is 0.296 e. The third-order valence-electron chi connectivity index (χ3n) is 2.33. The van der Waals surface area contributed by atoms with Gasteiger partial charge in [0.1, 0.15) is 17.7 Å². The molecule has 0 aliphatic heterocycles. The number of rotatable bonds is 0. The Balaban J connectivity index is 0. The quantitative estimate of drug-likeness (QED) is 0.641. The van der Waals surface area contributed by atoms with E-state index in [9.17, 15) is 14.0 Å². The molecule has 0 radical (unpaired) electrons. The molecular weight excluding hydrogens is 251 g/mol. The number of alkyl halides is 1. The van der Waals surface area contributed by atoms with Crippen molar-refractivity contribution in [3.8, 4) is 24.3 Å². The molecule has 0 aromatic carbocycles. The molecule has 1 aliphatic rings. The lowest BCUT2D eigenvalue weighted by molar-refractivity contribution is -0.136. The van der Waals surface area contributed by atoms with Crippen LogP contribution < -0.4 is 0 Å². The summed E-state index contributed by atoms with van der Waals surface area (Å²) in [4.78, 5) is 22.9. The highest BCUT2D eigenvalue weighted by Gasteiger charge is 2.67. The third kappa shape index (κ3) is 1.84. The average Bonchev–Trinajstić information content (AvgIpc) is 2.35. The second-order valence-corrected chi connectivity index (χ2v) is 3.11. The first-order chi connectivity index (χ1) is 7.93. The van der Waals surface area contributed by atoms with Crippen molar-refractivity contribution in [2.75, 3.05) is 0 Å². The van der Waals surface area contributed by atoms with Crippen LogP contribution in [0.4, 0.5) is 4.39 Å². The molecule has 0 fully saturated rings. The maximum absolute atomic E-state index is 14.0. The van der Waals surface area contributed by atoms with Crippen molar-refractivity contribution >= 4 is 11.6 Å². The van der Waals surface area contributed by atoms with Gasteiger partial charge in [-0.15, -0.1) is 0 Å². The number of ketones is 2. The summed E-state index contributed by atoms with van der Waals surface area (Å²) in [7, 11) is 0. The van der Waals surface area contributed by atoms with Gasteiger partial charge in [0.15, 0.2) is 0 Å². The van der Waals surface area contributed by atoms with Crippen LogP contribution in [0.2, 0.25) is 0 Å². The van der Waals surface area contributed by atoms with Gasteiger partial charge in [-0.05, 0) is 0 Å². The summed E-state index contributed by atoms with van der Waals surface area (Å²) >= 11 is 0. The fourth-order valence-corrected chi connectivity index (χ4v) is 1.34.